The van der Waals surface area contributed by atoms with E-state index < -0.39 is 0 Å². The van der Waals surface area contributed by atoms with Crippen LogP contribution < -0.4 is 0 Å². The second kappa shape index (κ2) is 13.6. The Hall–Kier alpha value is -8.41. The van der Waals surface area contributed by atoms with Gasteiger partial charge in [0.2, 0.25) is 0 Å². The average Bonchev–Trinajstić information content (AvgIpc) is 3.85. The maximum absolute atomic E-state index is 5.30. The molecule has 13 rings (SSSR count). The topological polar surface area (TPSA) is 48.5 Å². The van der Waals surface area contributed by atoms with Crippen LogP contribution >= 0.6 is 0 Å². The molecule has 0 atom stereocenters. The Bertz CT molecular complexity index is 3930. The number of hydrogen-bond donors (Lipinski definition) is 0. The van der Waals surface area contributed by atoms with Gasteiger partial charge in [0.15, 0.2) is 17.5 Å². The molecule has 0 fully saturated rings. The zero-order valence-corrected chi connectivity index (χ0v) is 33.4. The summed E-state index contributed by atoms with van der Waals surface area (Å²) >= 11 is 0. The van der Waals surface area contributed by atoms with Gasteiger partial charge in [0.05, 0.1) is 27.8 Å². The highest BCUT2D eigenvalue weighted by Gasteiger charge is 2.22. The maximum Gasteiger partial charge on any atom is 0.166 e. The molecule has 10 aromatic carbocycles. The first-order valence-electron chi connectivity index (χ1n) is 21.0. The fourth-order valence-corrected chi connectivity index (χ4v) is 9.64. The van der Waals surface area contributed by atoms with Crippen LogP contribution in [0.4, 0.5) is 0 Å². The van der Waals surface area contributed by atoms with Crippen molar-refractivity contribution in [1.82, 2.24) is 24.1 Å². The normalized spacial score (nSPS) is 11.9. The van der Waals surface area contributed by atoms with Crippen LogP contribution in [-0.4, -0.2) is 24.1 Å². The molecule has 0 aliphatic heterocycles. The number of aromatic nitrogens is 5. The summed E-state index contributed by atoms with van der Waals surface area (Å²) in [6, 6.07) is 75.8. The molecule has 5 nitrogen and oxygen atoms in total. The van der Waals surface area contributed by atoms with Crippen LogP contribution in [0.2, 0.25) is 0 Å². The minimum Gasteiger partial charge on any atom is -0.309 e. The largest absolute Gasteiger partial charge is 0.309 e. The summed E-state index contributed by atoms with van der Waals surface area (Å²) in [5.41, 5.74) is 9.43. The fraction of sp³-hybridized carbons (Fsp3) is 0. The van der Waals surface area contributed by atoms with Crippen LogP contribution in [0.25, 0.3) is 121 Å². The number of nitrogens with zero attached hydrogens (tertiary/aromatic N) is 5. The molecule has 0 saturated heterocycles. The van der Waals surface area contributed by atoms with Crippen molar-refractivity contribution in [3.8, 4) is 45.5 Å². The summed E-state index contributed by atoms with van der Waals surface area (Å²) < 4.78 is 4.84. The van der Waals surface area contributed by atoms with Crippen LogP contribution in [0.15, 0.2) is 212 Å². The van der Waals surface area contributed by atoms with Crippen LogP contribution in [0.1, 0.15) is 0 Å². The summed E-state index contributed by atoms with van der Waals surface area (Å²) in [5.74, 6) is 1.87. The predicted octanol–water partition coefficient (Wildman–Crippen LogP) is 14.5. The highest BCUT2D eigenvalue weighted by Crippen LogP contribution is 2.41. The minimum absolute atomic E-state index is 0.610. The van der Waals surface area contributed by atoms with Crippen molar-refractivity contribution in [3.63, 3.8) is 0 Å². The lowest BCUT2D eigenvalue weighted by atomic mass is 10.0. The van der Waals surface area contributed by atoms with Crippen LogP contribution in [0.5, 0.6) is 0 Å². The van der Waals surface area contributed by atoms with Gasteiger partial charge in [-0.15, -0.1) is 0 Å². The molecule has 3 aromatic heterocycles. The van der Waals surface area contributed by atoms with Gasteiger partial charge in [-0.3, -0.25) is 0 Å². The van der Waals surface area contributed by atoms with Crippen molar-refractivity contribution in [2.45, 2.75) is 0 Å². The van der Waals surface area contributed by atoms with E-state index in [2.05, 4.69) is 203 Å². The molecule has 288 valence electrons. The van der Waals surface area contributed by atoms with Crippen molar-refractivity contribution in [2.24, 2.45) is 0 Å². The van der Waals surface area contributed by atoms with Crippen LogP contribution in [-0.2, 0) is 0 Å². The fourth-order valence-electron chi connectivity index (χ4n) is 9.64. The van der Waals surface area contributed by atoms with Crippen molar-refractivity contribution in [2.75, 3.05) is 0 Å². The smallest absolute Gasteiger partial charge is 0.166 e. The molecular weight excluding hydrogens is 755 g/mol. The third-order valence-electron chi connectivity index (χ3n) is 12.5. The Morgan fingerprint density at radius 1 is 0.290 bits per heavy atom. The minimum atomic E-state index is 0.610. The maximum atomic E-state index is 5.30. The highest BCUT2D eigenvalue weighted by atomic mass is 15.1. The zero-order chi connectivity index (χ0) is 40.7. The molecule has 0 amide bonds. The van der Waals surface area contributed by atoms with E-state index in [-0.39, 0.29) is 0 Å². The number of para-hydroxylation sites is 2. The Balaban J connectivity index is 1.09. The number of rotatable bonds is 5. The van der Waals surface area contributed by atoms with E-state index in [9.17, 15) is 0 Å². The highest BCUT2D eigenvalue weighted by molar-refractivity contribution is 6.21. The first-order chi connectivity index (χ1) is 30.7. The number of benzene rings is 10. The molecule has 62 heavy (non-hydrogen) atoms. The number of hydrogen-bond acceptors (Lipinski definition) is 3. The third kappa shape index (κ3) is 5.32. The summed E-state index contributed by atoms with van der Waals surface area (Å²) in [7, 11) is 0. The monoisotopic (exact) mass is 789 g/mol. The molecule has 5 heteroatoms. The molecule has 13 aromatic rings. The second-order valence-electron chi connectivity index (χ2n) is 16.0. The van der Waals surface area contributed by atoms with E-state index in [0.29, 0.717) is 17.5 Å². The summed E-state index contributed by atoms with van der Waals surface area (Å²) in [6.07, 6.45) is 0. The molecule has 0 saturated carbocycles. The molecule has 0 N–H and O–H groups in total. The molecule has 0 bridgehead atoms. The zero-order valence-electron chi connectivity index (χ0n) is 33.4. The average molecular weight is 790 g/mol. The van der Waals surface area contributed by atoms with E-state index in [0.717, 1.165) is 44.5 Å². The first kappa shape index (κ1) is 34.5. The molecule has 0 spiro atoms. The van der Waals surface area contributed by atoms with E-state index in [4.69, 9.17) is 15.0 Å². The molecule has 0 radical (unpaired) electrons. The Morgan fingerprint density at radius 3 is 1.74 bits per heavy atom. The molecule has 3 heterocycles. The number of fused-ring (bicyclic) bond motifs is 10. The van der Waals surface area contributed by atoms with E-state index in [1.54, 1.807) is 0 Å². The standard InChI is InChI=1S/C57H35N5/c1-2-16-38(17-3-1)55-58-56(42-27-26-36-14-4-5-18-39(36)32-42)60-57(59-55)47-23-11-13-25-50(47)62-52-34-41-20-7-6-19-40(41)33-48(52)45-30-29-43(35-53(45)62)61-49-24-12-10-22-46(49)54-44-21-9-8-15-37(44)28-31-51(54)61/h1-35H. The second-order valence-corrected chi connectivity index (χ2v) is 16.0. The summed E-state index contributed by atoms with van der Waals surface area (Å²) in [5, 5.41) is 12.1. The Labute approximate surface area is 356 Å². The first-order valence-corrected chi connectivity index (χ1v) is 21.0. The Morgan fingerprint density at radius 2 is 0.903 bits per heavy atom. The van der Waals surface area contributed by atoms with Gasteiger partial charge in [-0.05, 0) is 86.9 Å². The van der Waals surface area contributed by atoms with Crippen LogP contribution in [0.3, 0.4) is 0 Å². The third-order valence-corrected chi connectivity index (χ3v) is 12.5. The van der Waals surface area contributed by atoms with Gasteiger partial charge >= 0.3 is 0 Å². The molecule has 0 unspecified atom stereocenters. The van der Waals surface area contributed by atoms with Gasteiger partial charge in [0, 0.05) is 43.9 Å². The van der Waals surface area contributed by atoms with Gasteiger partial charge in [-0.25, -0.2) is 15.0 Å². The van der Waals surface area contributed by atoms with Gasteiger partial charge in [-0.1, -0.05) is 158 Å². The van der Waals surface area contributed by atoms with Gasteiger partial charge in [-0.2, -0.15) is 0 Å². The quantitative estimate of drug-likeness (QED) is 0.174. The Kier molecular flexibility index (Phi) is 7.54. The lowest BCUT2D eigenvalue weighted by molar-refractivity contribution is 1.06. The molecule has 0 aliphatic rings. The summed E-state index contributed by atoms with van der Waals surface area (Å²) in [4.78, 5) is 15.7. The van der Waals surface area contributed by atoms with E-state index >= 15 is 0 Å². The van der Waals surface area contributed by atoms with Gasteiger partial charge in [0.25, 0.3) is 0 Å². The van der Waals surface area contributed by atoms with Crippen LogP contribution in [0, 0.1) is 0 Å². The molecular formula is C57H35N5. The van der Waals surface area contributed by atoms with Crippen molar-refractivity contribution in [1.29, 1.82) is 0 Å². The van der Waals surface area contributed by atoms with E-state index in [1.165, 1.54) is 59.5 Å². The van der Waals surface area contributed by atoms with Crippen molar-refractivity contribution in [3.05, 3.63) is 212 Å². The predicted molar refractivity (Wildman–Crippen MR) is 257 cm³/mol. The van der Waals surface area contributed by atoms with Gasteiger partial charge < -0.3 is 9.13 Å². The van der Waals surface area contributed by atoms with Crippen molar-refractivity contribution >= 4 is 75.9 Å². The lowest BCUT2D eigenvalue weighted by Gasteiger charge is -2.15. The summed E-state index contributed by atoms with van der Waals surface area (Å²) in [6.45, 7) is 0. The lowest BCUT2D eigenvalue weighted by Crippen LogP contribution is -2.04. The molecule has 0 aliphatic carbocycles. The van der Waals surface area contributed by atoms with Crippen molar-refractivity contribution < 1.29 is 0 Å². The SMILES string of the molecule is c1ccc(-c2nc(-c3ccc4ccccc4c3)nc(-c3ccccc3-n3c4cc(-n5c6ccccc6c6c7ccccc7ccc65)ccc4c4cc5ccccc5cc43)n2)cc1. The van der Waals surface area contributed by atoms with Gasteiger partial charge in [0.1, 0.15) is 0 Å². The van der Waals surface area contributed by atoms with E-state index in [1.807, 2.05) is 18.2 Å².